The first-order valence-corrected chi connectivity index (χ1v) is 9.98. The third-order valence-corrected chi connectivity index (χ3v) is 5.53. The van der Waals surface area contributed by atoms with Crippen molar-refractivity contribution in [3.8, 4) is 11.1 Å². The zero-order valence-electron chi connectivity index (χ0n) is 16.8. The highest BCUT2D eigenvalue weighted by Crippen LogP contribution is 2.41. The molecular formula is C24H19N5O2. The number of pyridine rings is 1. The van der Waals surface area contributed by atoms with E-state index >= 15 is 0 Å². The molecule has 0 aliphatic carbocycles. The fourth-order valence-corrected chi connectivity index (χ4v) is 4.07. The lowest BCUT2D eigenvalue weighted by molar-refractivity contribution is -0.384. The second kappa shape index (κ2) is 7.60. The van der Waals surface area contributed by atoms with E-state index in [2.05, 4.69) is 4.98 Å². The molecule has 1 atom stereocenters. The SMILES string of the molecule is Cc1nn2c(c1-c1ccccc1)N=C(c1cccc([N+](=O)[O-])c1)C[C@@H]2c1ccncc1. The number of hydrogen-bond acceptors (Lipinski definition) is 5. The van der Waals surface area contributed by atoms with E-state index < -0.39 is 0 Å². The summed E-state index contributed by atoms with van der Waals surface area (Å²) >= 11 is 0. The summed E-state index contributed by atoms with van der Waals surface area (Å²) in [5.74, 6) is 0.762. The highest BCUT2D eigenvalue weighted by molar-refractivity contribution is 6.04. The fourth-order valence-electron chi connectivity index (χ4n) is 4.07. The van der Waals surface area contributed by atoms with Crippen LogP contribution in [0.3, 0.4) is 0 Å². The number of nitro groups is 1. The summed E-state index contributed by atoms with van der Waals surface area (Å²) in [4.78, 5) is 20.0. The van der Waals surface area contributed by atoms with Gasteiger partial charge in [0.2, 0.25) is 0 Å². The van der Waals surface area contributed by atoms with Gasteiger partial charge in [-0.15, -0.1) is 0 Å². The predicted molar refractivity (Wildman–Crippen MR) is 119 cm³/mol. The molecule has 3 heterocycles. The van der Waals surface area contributed by atoms with Gasteiger partial charge in [0.15, 0.2) is 5.82 Å². The molecule has 7 nitrogen and oxygen atoms in total. The Morgan fingerprint density at radius 2 is 1.74 bits per heavy atom. The first-order valence-electron chi connectivity index (χ1n) is 9.98. The lowest BCUT2D eigenvalue weighted by atomic mass is 9.95. The maximum Gasteiger partial charge on any atom is 0.270 e. The maximum absolute atomic E-state index is 11.3. The Balaban J connectivity index is 1.72. The molecule has 0 saturated heterocycles. The van der Waals surface area contributed by atoms with Gasteiger partial charge in [-0.3, -0.25) is 15.1 Å². The summed E-state index contributed by atoms with van der Waals surface area (Å²) in [6.07, 6.45) is 4.11. The molecule has 0 amide bonds. The lowest BCUT2D eigenvalue weighted by Gasteiger charge is -2.25. The van der Waals surface area contributed by atoms with E-state index in [9.17, 15) is 10.1 Å². The minimum atomic E-state index is -0.378. The van der Waals surface area contributed by atoms with Crippen molar-refractivity contribution < 1.29 is 4.92 Å². The van der Waals surface area contributed by atoms with Crippen molar-refractivity contribution in [3.05, 3.63) is 106 Å². The van der Waals surface area contributed by atoms with Crippen molar-refractivity contribution in [2.24, 2.45) is 4.99 Å². The Kier molecular flexibility index (Phi) is 4.63. The number of non-ortho nitro benzene ring substituents is 1. The van der Waals surface area contributed by atoms with E-state index in [1.165, 1.54) is 6.07 Å². The topological polar surface area (TPSA) is 86.2 Å². The van der Waals surface area contributed by atoms with Crippen LogP contribution in [0.25, 0.3) is 11.1 Å². The number of aryl methyl sites for hydroxylation is 1. The van der Waals surface area contributed by atoms with Crippen LogP contribution in [0.15, 0.2) is 84.1 Å². The first kappa shape index (κ1) is 18.9. The van der Waals surface area contributed by atoms with Crippen LogP contribution in [0, 0.1) is 17.0 Å². The van der Waals surface area contributed by atoms with Gasteiger partial charge in [0.1, 0.15) is 0 Å². The monoisotopic (exact) mass is 409 g/mol. The molecule has 1 aliphatic heterocycles. The average Bonchev–Trinajstić information content (AvgIpc) is 3.15. The molecule has 152 valence electrons. The summed E-state index contributed by atoms with van der Waals surface area (Å²) in [7, 11) is 0. The van der Waals surface area contributed by atoms with Gasteiger partial charge >= 0.3 is 0 Å². The zero-order valence-corrected chi connectivity index (χ0v) is 16.8. The molecule has 0 bridgehead atoms. The van der Waals surface area contributed by atoms with Crippen molar-refractivity contribution in [2.75, 3.05) is 0 Å². The van der Waals surface area contributed by atoms with E-state index in [4.69, 9.17) is 10.1 Å². The minimum absolute atomic E-state index is 0.0548. The predicted octanol–water partition coefficient (Wildman–Crippen LogP) is 5.28. The smallest absolute Gasteiger partial charge is 0.265 e. The van der Waals surface area contributed by atoms with Gasteiger partial charge < -0.3 is 0 Å². The first-order chi connectivity index (χ1) is 15.1. The number of hydrogen-bond donors (Lipinski definition) is 0. The number of rotatable bonds is 4. The van der Waals surface area contributed by atoms with Crippen LogP contribution in [-0.2, 0) is 0 Å². The van der Waals surface area contributed by atoms with E-state index in [-0.39, 0.29) is 16.7 Å². The van der Waals surface area contributed by atoms with Crippen molar-refractivity contribution >= 4 is 17.2 Å². The maximum atomic E-state index is 11.3. The summed E-state index contributed by atoms with van der Waals surface area (Å²) in [6.45, 7) is 1.99. The van der Waals surface area contributed by atoms with Crippen LogP contribution < -0.4 is 0 Å². The number of aromatic nitrogens is 3. The molecule has 0 spiro atoms. The number of nitrogens with zero attached hydrogens (tertiary/aromatic N) is 5. The summed E-state index contributed by atoms with van der Waals surface area (Å²) in [5, 5.41) is 16.1. The van der Waals surface area contributed by atoms with E-state index in [1.807, 2.05) is 60.1 Å². The number of nitro benzene ring substituents is 1. The fraction of sp³-hybridized carbons (Fsp3) is 0.125. The van der Waals surface area contributed by atoms with Crippen LogP contribution >= 0.6 is 0 Å². The van der Waals surface area contributed by atoms with Gasteiger partial charge in [-0.2, -0.15) is 5.10 Å². The molecule has 5 rings (SSSR count). The zero-order chi connectivity index (χ0) is 21.4. The van der Waals surface area contributed by atoms with Crippen LogP contribution in [0.2, 0.25) is 0 Å². The van der Waals surface area contributed by atoms with Gasteiger partial charge in [0.05, 0.1) is 22.4 Å². The van der Waals surface area contributed by atoms with Crippen molar-refractivity contribution in [1.29, 1.82) is 0 Å². The van der Waals surface area contributed by atoms with Crippen LogP contribution in [0.4, 0.5) is 11.5 Å². The Morgan fingerprint density at radius 3 is 2.48 bits per heavy atom. The quantitative estimate of drug-likeness (QED) is 0.339. The Morgan fingerprint density at radius 1 is 1.00 bits per heavy atom. The third kappa shape index (κ3) is 3.40. The third-order valence-electron chi connectivity index (χ3n) is 5.53. The molecule has 2 aromatic heterocycles. The highest BCUT2D eigenvalue weighted by Gasteiger charge is 2.30. The Labute approximate surface area is 178 Å². The molecule has 2 aromatic carbocycles. The molecule has 4 aromatic rings. The largest absolute Gasteiger partial charge is 0.270 e. The molecule has 31 heavy (non-hydrogen) atoms. The molecular weight excluding hydrogens is 390 g/mol. The molecule has 7 heteroatoms. The van der Waals surface area contributed by atoms with Crippen LogP contribution in [-0.4, -0.2) is 25.4 Å². The summed E-state index contributed by atoms with van der Waals surface area (Å²) < 4.78 is 1.97. The van der Waals surface area contributed by atoms with Gasteiger partial charge in [0, 0.05) is 42.1 Å². The number of fused-ring (bicyclic) bond motifs is 1. The van der Waals surface area contributed by atoms with Crippen LogP contribution in [0.1, 0.15) is 29.3 Å². The normalized spacial score (nSPS) is 15.3. The average molecular weight is 409 g/mol. The van der Waals surface area contributed by atoms with Gasteiger partial charge in [-0.05, 0) is 30.2 Å². The second-order valence-electron chi connectivity index (χ2n) is 7.46. The summed E-state index contributed by atoms with van der Waals surface area (Å²) in [5.41, 5.74) is 5.58. The second-order valence-corrected chi connectivity index (χ2v) is 7.46. The highest BCUT2D eigenvalue weighted by atomic mass is 16.6. The van der Waals surface area contributed by atoms with Crippen molar-refractivity contribution in [2.45, 2.75) is 19.4 Å². The number of benzene rings is 2. The Bertz CT molecular complexity index is 1300. The van der Waals surface area contributed by atoms with Crippen molar-refractivity contribution in [3.63, 3.8) is 0 Å². The molecule has 0 unspecified atom stereocenters. The standard InChI is InChI=1S/C24H19N5O2/c1-16-23(18-6-3-2-4-7-18)24-26-21(19-8-5-9-20(14-19)29(30)31)15-22(28(24)27-16)17-10-12-25-13-11-17/h2-14,22H,15H2,1H3/t22-/m1/s1. The minimum Gasteiger partial charge on any atom is -0.265 e. The van der Waals surface area contributed by atoms with E-state index in [0.717, 1.165) is 39.5 Å². The lowest BCUT2D eigenvalue weighted by Crippen LogP contribution is -2.21. The van der Waals surface area contributed by atoms with E-state index in [1.54, 1.807) is 24.5 Å². The van der Waals surface area contributed by atoms with Crippen LogP contribution in [0.5, 0.6) is 0 Å². The summed E-state index contributed by atoms with van der Waals surface area (Å²) in [6, 6.07) is 20.6. The van der Waals surface area contributed by atoms with E-state index in [0.29, 0.717) is 6.42 Å². The molecule has 1 aliphatic rings. The van der Waals surface area contributed by atoms with Crippen molar-refractivity contribution in [1.82, 2.24) is 14.8 Å². The number of aliphatic imine (C=N–C) groups is 1. The molecule has 0 radical (unpaired) electrons. The van der Waals surface area contributed by atoms with Gasteiger partial charge in [0.25, 0.3) is 5.69 Å². The Hall–Kier alpha value is -4.13. The van der Waals surface area contributed by atoms with Gasteiger partial charge in [-0.1, -0.05) is 42.5 Å². The molecule has 0 saturated carbocycles. The molecule has 0 N–H and O–H groups in total. The molecule has 0 fully saturated rings. The van der Waals surface area contributed by atoms with Gasteiger partial charge in [-0.25, -0.2) is 9.67 Å².